The minimum atomic E-state index is -0.183. The number of aliphatic hydroxyl groups is 1. The molecule has 0 saturated heterocycles. The highest BCUT2D eigenvalue weighted by molar-refractivity contribution is 5.74. The fourth-order valence-electron chi connectivity index (χ4n) is 2.81. The van der Waals surface area contributed by atoms with Crippen molar-refractivity contribution in [3.05, 3.63) is 35.9 Å². The van der Waals surface area contributed by atoms with Crippen molar-refractivity contribution < 1.29 is 9.90 Å². The number of urea groups is 1. The Hall–Kier alpha value is -1.55. The zero-order chi connectivity index (χ0) is 15.1. The number of rotatable bonds is 5. The number of benzene rings is 1. The number of amides is 2. The third kappa shape index (κ3) is 5.38. The second-order valence-electron chi connectivity index (χ2n) is 6.01. The molecule has 0 spiro atoms. The predicted octanol–water partition coefficient (Wildman–Crippen LogP) is 2.78. The van der Waals surface area contributed by atoms with Crippen LogP contribution in [-0.2, 0) is 0 Å². The number of hydrogen-bond donors (Lipinski definition) is 3. The van der Waals surface area contributed by atoms with Crippen LogP contribution in [-0.4, -0.2) is 29.8 Å². The molecule has 1 aliphatic rings. The van der Waals surface area contributed by atoms with Gasteiger partial charge in [-0.1, -0.05) is 37.3 Å². The number of aliphatic hydroxyl groups excluding tert-OH is 1. The van der Waals surface area contributed by atoms with Crippen molar-refractivity contribution in [3.8, 4) is 0 Å². The molecule has 1 unspecified atom stereocenters. The summed E-state index contributed by atoms with van der Waals surface area (Å²) in [6.45, 7) is 2.86. The van der Waals surface area contributed by atoms with E-state index in [2.05, 4.69) is 29.7 Å². The smallest absolute Gasteiger partial charge is 0.315 e. The quantitative estimate of drug-likeness (QED) is 0.781. The summed E-state index contributed by atoms with van der Waals surface area (Å²) in [5.41, 5.74) is 1.31. The first-order chi connectivity index (χ1) is 10.1. The number of nitrogens with one attached hydrogen (secondary N) is 2. The van der Waals surface area contributed by atoms with Gasteiger partial charge in [-0.25, -0.2) is 4.79 Å². The molecule has 1 saturated carbocycles. The van der Waals surface area contributed by atoms with Crippen LogP contribution in [0.25, 0.3) is 0 Å². The van der Waals surface area contributed by atoms with Gasteiger partial charge >= 0.3 is 6.03 Å². The SMILES string of the molecule is CC(CCNC(=O)NC1CCC(O)CC1)c1ccccc1. The zero-order valence-electron chi connectivity index (χ0n) is 12.7. The van der Waals surface area contributed by atoms with Crippen LogP contribution < -0.4 is 10.6 Å². The van der Waals surface area contributed by atoms with E-state index in [1.54, 1.807) is 0 Å². The van der Waals surface area contributed by atoms with Crippen LogP contribution in [0.4, 0.5) is 4.79 Å². The van der Waals surface area contributed by atoms with Crippen molar-refractivity contribution in [2.24, 2.45) is 0 Å². The first-order valence-corrected chi connectivity index (χ1v) is 7.92. The molecule has 2 rings (SSSR count). The lowest BCUT2D eigenvalue weighted by atomic mass is 9.93. The third-order valence-corrected chi connectivity index (χ3v) is 4.26. The summed E-state index contributed by atoms with van der Waals surface area (Å²) in [7, 11) is 0. The molecule has 1 aromatic rings. The van der Waals surface area contributed by atoms with Gasteiger partial charge in [-0.05, 0) is 43.6 Å². The summed E-state index contributed by atoms with van der Waals surface area (Å²) < 4.78 is 0. The van der Waals surface area contributed by atoms with Crippen molar-refractivity contribution in [2.45, 2.75) is 57.1 Å². The monoisotopic (exact) mass is 290 g/mol. The molecule has 3 N–H and O–H groups in total. The van der Waals surface area contributed by atoms with Gasteiger partial charge in [0.25, 0.3) is 0 Å². The molecule has 116 valence electrons. The third-order valence-electron chi connectivity index (χ3n) is 4.26. The molecule has 1 aliphatic carbocycles. The average Bonchev–Trinajstić information content (AvgIpc) is 2.50. The Bertz CT molecular complexity index is 428. The van der Waals surface area contributed by atoms with E-state index < -0.39 is 0 Å². The summed E-state index contributed by atoms with van der Waals surface area (Å²) in [6.07, 6.45) is 4.06. The van der Waals surface area contributed by atoms with Gasteiger partial charge in [-0.15, -0.1) is 0 Å². The van der Waals surface area contributed by atoms with Crippen molar-refractivity contribution in [1.82, 2.24) is 10.6 Å². The molecule has 4 nitrogen and oxygen atoms in total. The predicted molar refractivity (Wildman–Crippen MR) is 84.3 cm³/mol. The Morgan fingerprint density at radius 3 is 2.57 bits per heavy atom. The number of carbonyl (C=O) groups is 1. The zero-order valence-corrected chi connectivity index (χ0v) is 12.7. The lowest BCUT2D eigenvalue weighted by Crippen LogP contribution is -2.44. The first-order valence-electron chi connectivity index (χ1n) is 7.92. The van der Waals surface area contributed by atoms with Crippen molar-refractivity contribution in [3.63, 3.8) is 0 Å². The molecule has 2 amide bonds. The van der Waals surface area contributed by atoms with E-state index >= 15 is 0 Å². The standard InChI is InChI=1S/C17H26N2O2/c1-13(14-5-3-2-4-6-14)11-12-18-17(21)19-15-7-9-16(20)10-8-15/h2-6,13,15-16,20H,7-12H2,1H3,(H2,18,19,21). The highest BCUT2D eigenvalue weighted by Gasteiger charge is 2.20. The maximum atomic E-state index is 11.8. The van der Waals surface area contributed by atoms with E-state index in [9.17, 15) is 9.90 Å². The van der Waals surface area contributed by atoms with Gasteiger partial charge in [-0.3, -0.25) is 0 Å². The summed E-state index contributed by atoms with van der Waals surface area (Å²) in [4.78, 5) is 11.8. The molecule has 4 heteroatoms. The minimum absolute atomic E-state index is 0.0864. The van der Waals surface area contributed by atoms with Gasteiger partial charge in [0, 0.05) is 12.6 Å². The second kappa shape index (κ2) is 8.03. The van der Waals surface area contributed by atoms with Gasteiger partial charge in [0.15, 0.2) is 0 Å². The molecular formula is C17H26N2O2. The van der Waals surface area contributed by atoms with Gasteiger partial charge in [-0.2, -0.15) is 0 Å². The van der Waals surface area contributed by atoms with E-state index in [0.29, 0.717) is 12.5 Å². The van der Waals surface area contributed by atoms with Gasteiger partial charge in [0.05, 0.1) is 6.10 Å². The second-order valence-corrected chi connectivity index (χ2v) is 6.01. The molecular weight excluding hydrogens is 264 g/mol. The fraction of sp³-hybridized carbons (Fsp3) is 0.588. The molecule has 0 bridgehead atoms. The molecule has 21 heavy (non-hydrogen) atoms. The molecule has 1 fully saturated rings. The van der Waals surface area contributed by atoms with E-state index in [4.69, 9.17) is 0 Å². The summed E-state index contributed by atoms with van der Waals surface area (Å²) >= 11 is 0. The Morgan fingerprint density at radius 2 is 1.90 bits per heavy atom. The topological polar surface area (TPSA) is 61.4 Å². The van der Waals surface area contributed by atoms with Crippen molar-refractivity contribution in [1.29, 1.82) is 0 Å². The highest BCUT2D eigenvalue weighted by atomic mass is 16.3. The van der Waals surface area contributed by atoms with E-state index in [-0.39, 0.29) is 18.2 Å². The number of hydrogen-bond acceptors (Lipinski definition) is 2. The summed E-state index contributed by atoms with van der Waals surface area (Å²) in [5, 5.41) is 15.4. The molecule has 1 atom stereocenters. The minimum Gasteiger partial charge on any atom is -0.393 e. The molecule has 0 radical (unpaired) electrons. The van der Waals surface area contributed by atoms with Gasteiger partial charge < -0.3 is 15.7 Å². The summed E-state index contributed by atoms with van der Waals surface area (Å²) in [5.74, 6) is 0.441. The Balaban J connectivity index is 1.63. The normalized spacial score (nSPS) is 23.3. The van der Waals surface area contributed by atoms with Crippen molar-refractivity contribution >= 4 is 6.03 Å². The van der Waals surface area contributed by atoms with E-state index in [0.717, 1.165) is 32.1 Å². The largest absolute Gasteiger partial charge is 0.393 e. The number of carbonyl (C=O) groups excluding carboxylic acids is 1. The molecule has 0 aromatic heterocycles. The summed E-state index contributed by atoms with van der Waals surface area (Å²) in [6, 6.07) is 10.5. The van der Waals surface area contributed by atoms with E-state index in [1.807, 2.05) is 18.2 Å². The maximum Gasteiger partial charge on any atom is 0.315 e. The molecule has 1 aromatic carbocycles. The van der Waals surface area contributed by atoms with Gasteiger partial charge in [0.1, 0.15) is 0 Å². The van der Waals surface area contributed by atoms with Crippen LogP contribution in [0.15, 0.2) is 30.3 Å². The van der Waals surface area contributed by atoms with Gasteiger partial charge in [0.2, 0.25) is 0 Å². The van der Waals surface area contributed by atoms with Crippen LogP contribution in [0.5, 0.6) is 0 Å². The Kier molecular flexibility index (Phi) is 6.05. The lowest BCUT2D eigenvalue weighted by Gasteiger charge is -2.26. The van der Waals surface area contributed by atoms with Crippen LogP contribution >= 0.6 is 0 Å². The lowest BCUT2D eigenvalue weighted by molar-refractivity contribution is 0.117. The van der Waals surface area contributed by atoms with Crippen LogP contribution in [0.1, 0.15) is 50.5 Å². The Labute approximate surface area is 126 Å². The highest BCUT2D eigenvalue weighted by Crippen LogP contribution is 2.19. The molecule has 0 aliphatic heterocycles. The van der Waals surface area contributed by atoms with Crippen molar-refractivity contribution in [2.75, 3.05) is 6.54 Å². The van der Waals surface area contributed by atoms with Crippen LogP contribution in [0, 0.1) is 0 Å². The Morgan fingerprint density at radius 1 is 1.24 bits per heavy atom. The van der Waals surface area contributed by atoms with Crippen LogP contribution in [0.3, 0.4) is 0 Å². The molecule has 0 heterocycles. The fourth-order valence-corrected chi connectivity index (χ4v) is 2.81. The van der Waals surface area contributed by atoms with Crippen LogP contribution in [0.2, 0.25) is 0 Å². The van der Waals surface area contributed by atoms with E-state index in [1.165, 1.54) is 5.56 Å². The first kappa shape index (κ1) is 15.8. The average molecular weight is 290 g/mol. The maximum absolute atomic E-state index is 11.8.